The molecule has 1 aromatic rings. The lowest BCUT2D eigenvalue weighted by Gasteiger charge is -2.14. The summed E-state index contributed by atoms with van der Waals surface area (Å²) in [4.78, 5) is 34.1. The van der Waals surface area contributed by atoms with Gasteiger partial charge in [-0.3, -0.25) is 9.59 Å². The molecule has 2 amide bonds. The lowest BCUT2D eigenvalue weighted by molar-refractivity contribution is -0.139. The van der Waals surface area contributed by atoms with Crippen molar-refractivity contribution < 1.29 is 24.2 Å². The summed E-state index contributed by atoms with van der Waals surface area (Å²) in [6, 6.07) is 5.23. The molecule has 1 rings (SSSR count). The summed E-state index contributed by atoms with van der Waals surface area (Å²) in [7, 11) is 1.46. The molecule has 0 saturated carbocycles. The molecule has 114 valence electrons. The van der Waals surface area contributed by atoms with Gasteiger partial charge in [0.25, 0.3) is 5.91 Å². The van der Waals surface area contributed by atoms with Crippen LogP contribution in [-0.2, 0) is 14.3 Å². The molecule has 3 N–H and O–H groups in total. The predicted molar refractivity (Wildman–Crippen MR) is 76.1 cm³/mol. The van der Waals surface area contributed by atoms with Crippen molar-refractivity contribution in [1.82, 2.24) is 5.32 Å². The van der Waals surface area contributed by atoms with Crippen LogP contribution in [0.4, 0.5) is 5.69 Å². The number of amides is 2. The van der Waals surface area contributed by atoms with E-state index in [1.54, 1.807) is 12.1 Å². The van der Waals surface area contributed by atoms with Crippen LogP contribution in [0.2, 0.25) is 0 Å². The second-order valence-electron chi connectivity index (χ2n) is 4.41. The van der Waals surface area contributed by atoms with Crippen LogP contribution >= 0.6 is 0 Å². The maximum absolute atomic E-state index is 12.0. The zero-order valence-electron chi connectivity index (χ0n) is 11.9. The molecule has 0 saturated heterocycles. The first kappa shape index (κ1) is 16.6. The SMILES string of the molecule is COCCC(NC(=O)c1cccc(NC(C)=O)c1)C(=O)O. The Morgan fingerprint density at radius 1 is 1.33 bits per heavy atom. The summed E-state index contributed by atoms with van der Waals surface area (Å²) in [5, 5.41) is 14.0. The summed E-state index contributed by atoms with van der Waals surface area (Å²) in [5.41, 5.74) is 0.740. The fraction of sp³-hybridized carbons (Fsp3) is 0.357. The minimum atomic E-state index is -1.13. The maximum atomic E-state index is 12.0. The van der Waals surface area contributed by atoms with E-state index in [-0.39, 0.29) is 24.5 Å². The minimum absolute atomic E-state index is 0.170. The Morgan fingerprint density at radius 3 is 2.62 bits per heavy atom. The van der Waals surface area contributed by atoms with Gasteiger partial charge < -0.3 is 20.5 Å². The molecule has 0 aromatic heterocycles. The van der Waals surface area contributed by atoms with Crippen molar-refractivity contribution in [3.8, 4) is 0 Å². The third-order valence-electron chi connectivity index (χ3n) is 2.66. The van der Waals surface area contributed by atoms with E-state index in [0.29, 0.717) is 5.69 Å². The van der Waals surface area contributed by atoms with Crippen LogP contribution in [0, 0.1) is 0 Å². The van der Waals surface area contributed by atoms with Crippen LogP contribution in [0.25, 0.3) is 0 Å². The predicted octanol–water partition coefficient (Wildman–Crippen LogP) is 0.865. The molecule has 7 nitrogen and oxygen atoms in total. The smallest absolute Gasteiger partial charge is 0.326 e. The molecular weight excluding hydrogens is 276 g/mol. The van der Waals surface area contributed by atoms with E-state index in [1.165, 1.54) is 26.2 Å². The molecule has 1 unspecified atom stereocenters. The highest BCUT2D eigenvalue weighted by Gasteiger charge is 2.20. The number of nitrogens with one attached hydrogen (secondary N) is 2. The molecule has 0 aliphatic heterocycles. The van der Waals surface area contributed by atoms with Crippen LogP contribution in [0.15, 0.2) is 24.3 Å². The fourth-order valence-corrected chi connectivity index (χ4v) is 1.68. The number of hydrogen-bond donors (Lipinski definition) is 3. The Labute approximate surface area is 122 Å². The molecule has 21 heavy (non-hydrogen) atoms. The summed E-state index contributed by atoms with van der Waals surface area (Å²) in [5.74, 6) is -1.90. The fourth-order valence-electron chi connectivity index (χ4n) is 1.68. The van der Waals surface area contributed by atoms with Gasteiger partial charge in [-0.2, -0.15) is 0 Å². The highest BCUT2D eigenvalue weighted by atomic mass is 16.5. The number of ether oxygens (including phenoxy) is 1. The second kappa shape index (κ2) is 8.01. The molecule has 0 fully saturated rings. The topological polar surface area (TPSA) is 105 Å². The van der Waals surface area contributed by atoms with Gasteiger partial charge in [-0.1, -0.05) is 6.07 Å². The largest absolute Gasteiger partial charge is 0.480 e. The number of anilines is 1. The summed E-state index contributed by atoms with van der Waals surface area (Å²) in [6.45, 7) is 1.58. The second-order valence-corrected chi connectivity index (χ2v) is 4.41. The van der Waals surface area contributed by atoms with Crippen molar-refractivity contribution in [2.24, 2.45) is 0 Å². The Balaban J connectivity index is 2.77. The van der Waals surface area contributed by atoms with E-state index in [9.17, 15) is 14.4 Å². The van der Waals surface area contributed by atoms with E-state index in [4.69, 9.17) is 9.84 Å². The highest BCUT2D eigenvalue weighted by Crippen LogP contribution is 2.11. The summed E-state index contributed by atoms with van der Waals surface area (Å²) < 4.78 is 4.81. The number of hydrogen-bond acceptors (Lipinski definition) is 4. The number of carbonyl (C=O) groups excluding carboxylic acids is 2. The summed E-state index contributed by atoms with van der Waals surface area (Å²) in [6.07, 6.45) is 0.170. The Morgan fingerprint density at radius 2 is 2.05 bits per heavy atom. The van der Waals surface area contributed by atoms with Gasteiger partial charge in [0.05, 0.1) is 0 Å². The van der Waals surface area contributed by atoms with Crippen molar-refractivity contribution in [2.45, 2.75) is 19.4 Å². The number of rotatable bonds is 7. The van der Waals surface area contributed by atoms with Crippen LogP contribution in [0.3, 0.4) is 0 Å². The lowest BCUT2D eigenvalue weighted by Crippen LogP contribution is -2.41. The van der Waals surface area contributed by atoms with Crippen LogP contribution in [0.1, 0.15) is 23.7 Å². The van der Waals surface area contributed by atoms with Crippen molar-refractivity contribution in [3.63, 3.8) is 0 Å². The van der Waals surface area contributed by atoms with Gasteiger partial charge in [0.2, 0.25) is 5.91 Å². The zero-order chi connectivity index (χ0) is 15.8. The van der Waals surface area contributed by atoms with Crippen LogP contribution in [-0.4, -0.2) is 42.6 Å². The first-order valence-electron chi connectivity index (χ1n) is 6.34. The number of carboxylic acid groups (broad SMARTS) is 1. The average Bonchev–Trinajstić information content (AvgIpc) is 2.42. The van der Waals surface area contributed by atoms with E-state index in [0.717, 1.165) is 0 Å². The summed E-state index contributed by atoms with van der Waals surface area (Å²) >= 11 is 0. The van der Waals surface area contributed by atoms with Crippen molar-refractivity contribution in [1.29, 1.82) is 0 Å². The minimum Gasteiger partial charge on any atom is -0.480 e. The van der Waals surface area contributed by atoms with E-state index >= 15 is 0 Å². The molecule has 0 aliphatic carbocycles. The lowest BCUT2D eigenvalue weighted by atomic mass is 10.1. The molecule has 7 heteroatoms. The molecule has 1 atom stereocenters. The van der Waals surface area contributed by atoms with Gasteiger partial charge in [0, 0.05) is 38.3 Å². The molecule has 0 bridgehead atoms. The van der Waals surface area contributed by atoms with Gasteiger partial charge >= 0.3 is 5.97 Å². The monoisotopic (exact) mass is 294 g/mol. The molecule has 0 aliphatic rings. The first-order chi connectivity index (χ1) is 9.93. The molecule has 0 heterocycles. The van der Waals surface area contributed by atoms with E-state index in [2.05, 4.69) is 10.6 Å². The maximum Gasteiger partial charge on any atom is 0.326 e. The van der Waals surface area contributed by atoms with E-state index < -0.39 is 17.9 Å². The zero-order valence-corrected chi connectivity index (χ0v) is 11.9. The number of carbonyl (C=O) groups is 3. The van der Waals surface area contributed by atoms with Crippen molar-refractivity contribution in [3.05, 3.63) is 29.8 Å². The number of methoxy groups -OCH3 is 1. The standard InChI is InChI=1S/C14H18N2O5/c1-9(17)15-11-5-3-4-10(8-11)13(18)16-12(14(19)20)6-7-21-2/h3-5,8,12H,6-7H2,1-2H3,(H,15,17)(H,16,18)(H,19,20). The first-order valence-corrected chi connectivity index (χ1v) is 6.34. The third kappa shape index (κ3) is 5.62. The molecule has 0 radical (unpaired) electrons. The Bertz CT molecular complexity index is 530. The van der Waals surface area contributed by atoms with Crippen LogP contribution < -0.4 is 10.6 Å². The van der Waals surface area contributed by atoms with Crippen molar-refractivity contribution in [2.75, 3.05) is 19.0 Å². The molecule has 1 aromatic carbocycles. The molecular formula is C14H18N2O5. The Kier molecular flexibility index (Phi) is 6.35. The number of carboxylic acids is 1. The Hall–Kier alpha value is -2.41. The average molecular weight is 294 g/mol. The van der Waals surface area contributed by atoms with Gasteiger partial charge in [-0.15, -0.1) is 0 Å². The normalized spacial score (nSPS) is 11.5. The van der Waals surface area contributed by atoms with Gasteiger partial charge in [-0.25, -0.2) is 4.79 Å². The van der Waals surface area contributed by atoms with Gasteiger partial charge in [0.1, 0.15) is 6.04 Å². The van der Waals surface area contributed by atoms with E-state index in [1.807, 2.05) is 0 Å². The molecule has 0 spiro atoms. The third-order valence-corrected chi connectivity index (χ3v) is 2.66. The van der Waals surface area contributed by atoms with Crippen LogP contribution in [0.5, 0.6) is 0 Å². The quantitative estimate of drug-likeness (QED) is 0.692. The highest BCUT2D eigenvalue weighted by molar-refractivity contribution is 5.98. The number of benzene rings is 1. The van der Waals surface area contributed by atoms with Crippen molar-refractivity contribution >= 4 is 23.5 Å². The van der Waals surface area contributed by atoms with Gasteiger partial charge in [-0.05, 0) is 18.2 Å². The number of aliphatic carboxylic acids is 1. The van der Waals surface area contributed by atoms with Gasteiger partial charge in [0.15, 0.2) is 0 Å².